The summed E-state index contributed by atoms with van der Waals surface area (Å²) in [5, 5.41) is 13.0. The Labute approximate surface area is 113 Å². The average molecular weight is 311 g/mol. The van der Waals surface area contributed by atoms with Crippen LogP contribution in [0.15, 0.2) is 23.2 Å². The lowest BCUT2D eigenvalue weighted by Crippen LogP contribution is -2.28. The molecule has 3 rings (SSSR count). The molecular weight excluding hydrogens is 296 g/mol. The molecule has 2 heterocycles. The first-order chi connectivity index (χ1) is 8.74. The fraction of sp³-hybridized carbons (Fsp3) is 0.500. The maximum absolute atomic E-state index is 9.77. The van der Waals surface area contributed by atoms with E-state index in [1.807, 2.05) is 16.8 Å². The van der Waals surface area contributed by atoms with Gasteiger partial charge in [-0.2, -0.15) is 0 Å². The molecule has 1 aliphatic rings. The number of fused-ring (bicyclic) bond motifs is 1. The molecule has 1 saturated carbocycles. The molecule has 2 N–H and O–H groups in total. The summed E-state index contributed by atoms with van der Waals surface area (Å²) in [5.74, 6) is 0.512. The van der Waals surface area contributed by atoms with E-state index in [-0.39, 0.29) is 6.10 Å². The van der Waals surface area contributed by atoms with Crippen molar-refractivity contribution in [2.24, 2.45) is 5.92 Å². The van der Waals surface area contributed by atoms with Gasteiger partial charge in [0.25, 0.3) is 0 Å². The number of rotatable bonds is 5. The topological polar surface area (TPSA) is 62.5 Å². The Morgan fingerprint density at radius 2 is 2.28 bits per heavy atom. The lowest BCUT2D eigenvalue weighted by Gasteiger charge is -2.10. The number of aliphatic hydroxyl groups excluding tert-OH is 1. The Balaban J connectivity index is 1.64. The number of nitrogens with zero attached hydrogens (tertiary/aromatic N) is 3. The molecule has 0 aliphatic heterocycles. The second-order valence-electron chi connectivity index (χ2n) is 4.72. The molecule has 1 aliphatic carbocycles. The number of hydrogen-bond donors (Lipinski definition) is 2. The summed E-state index contributed by atoms with van der Waals surface area (Å²) in [4.78, 5) is 8.42. The van der Waals surface area contributed by atoms with E-state index >= 15 is 0 Å². The van der Waals surface area contributed by atoms with Crippen molar-refractivity contribution in [3.63, 3.8) is 0 Å². The van der Waals surface area contributed by atoms with Crippen LogP contribution in [-0.4, -0.2) is 32.1 Å². The van der Waals surface area contributed by atoms with Crippen molar-refractivity contribution in [2.45, 2.75) is 25.5 Å². The monoisotopic (exact) mass is 310 g/mol. The summed E-state index contributed by atoms with van der Waals surface area (Å²) in [6, 6.07) is 0. The first-order valence-corrected chi connectivity index (χ1v) is 6.89. The molecule has 0 saturated heterocycles. The predicted octanol–water partition coefficient (Wildman–Crippen LogP) is 1.35. The zero-order chi connectivity index (χ0) is 12.5. The third-order valence-electron chi connectivity index (χ3n) is 3.27. The minimum atomic E-state index is -0.211. The Bertz CT molecular complexity index is 552. The van der Waals surface area contributed by atoms with E-state index in [0.29, 0.717) is 19.0 Å². The Hall–Kier alpha value is -0.980. The van der Waals surface area contributed by atoms with E-state index in [1.165, 1.54) is 0 Å². The summed E-state index contributed by atoms with van der Waals surface area (Å²) in [6.45, 7) is 1.34. The van der Waals surface area contributed by atoms with Gasteiger partial charge in [0.1, 0.15) is 4.60 Å². The molecule has 6 heteroatoms. The highest BCUT2D eigenvalue weighted by atomic mass is 79.9. The van der Waals surface area contributed by atoms with Crippen LogP contribution >= 0.6 is 15.9 Å². The number of aliphatic hydroxyl groups is 1. The Morgan fingerprint density at radius 3 is 3.06 bits per heavy atom. The minimum absolute atomic E-state index is 0.211. The molecule has 2 aromatic rings. The minimum Gasteiger partial charge on any atom is -0.392 e. The van der Waals surface area contributed by atoms with Crippen LogP contribution in [0.1, 0.15) is 18.5 Å². The van der Waals surface area contributed by atoms with Gasteiger partial charge in [-0.1, -0.05) is 0 Å². The van der Waals surface area contributed by atoms with Crippen molar-refractivity contribution in [3.05, 3.63) is 28.9 Å². The van der Waals surface area contributed by atoms with Gasteiger partial charge in [-0.05, 0) is 34.7 Å². The number of nitrogens with one attached hydrogen (secondary N) is 1. The normalized spacial score (nSPS) is 17.2. The molecule has 1 fully saturated rings. The highest BCUT2D eigenvalue weighted by Gasteiger charge is 2.29. The summed E-state index contributed by atoms with van der Waals surface area (Å²) >= 11 is 3.35. The highest BCUT2D eigenvalue weighted by molar-refractivity contribution is 9.10. The van der Waals surface area contributed by atoms with Gasteiger partial charge in [0.05, 0.1) is 24.2 Å². The summed E-state index contributed by atoms with van der Waals surface area (Å²) in [5.41, 5.74) is 1.90. The zero-order valence-corrected chi connectivity index (χ0v) is 11.5. The first kappa shape index (κ1) is 12.1. The predicted molar refractivity (Wildman–Crippen MR) is 71.1 cm³/mol. The molecule has 0 amide bonds. The molecular formula is C12H15BrN4O. The van der Waals surface area contributed by atoms with Gasteiger partial charge in [0, 0.05) is 19.3 Å². The highest BCUT2D eigenvalue weighted by Crippen LogP contribution is 2.32. The van der Waals surface area contributed by atoms with Crippen LogP contribution in [0.2, 0.25) is 0 Å². The molecule has 1 atom stereocenters. The van der Waals surface area contributed by atoms with Gasteiger partial charge in [-0.25, -0.2) is 9.97 Å². The third kappa shape index (κ3) is 2.55. The standard InChI is InChI=1S/C12H15BrN4O/c13-11-7-17-9(4-16-12(17)6-15-11)3-14-5-10(18)8-1-2-8/h4,6-8,10,14,18H,1-3,5H2. The van der Waals surface area contributed by atoms with Gasteiger partial charge in [0.2, 0.25) is 0 Å². The van der Waals surface area contributed by atoms with Crippen molar-refractivity contribution >= 4 is 21.6 Å². The van der Waals surface area contributed by atoms with Crippen LogP contribution in [-0.2, 0) is 6.54 Å². The van der Waals surface area contributed by atoms with Gasteiger partial charge in [0.15, 0.2) is 5.65 Å². The molecule has 96 valence electrons. The maximum atomic E-state index is 9.77. The molecule has 2 aromatic heterocycles. The largest absolute Gasteiger partial charge is 0.392 e. The van der Waals surface area contributed by atoms with Gasteiger partial charge >= 0.3 is 0 Å². The van der Waals surface area contributed by atoms with Crippen LogP contribution in [0.3, 0.4) is 0 Å². The molecule has 18 heavy (non-hydrogen) atoms. The number of aromatic nitrogens is 3. The molecule has 0 bridgehead atoms. The summed E-state index contributed by atoms with van der Waals surface area (Å²) < 4.78 is 2.78. The molecule has 0 radical (unpaired) electrons. The van der Waals surface area contributed by atoms with Gasteiger partial charge in [-0.15, -0.1) is 0 Å². The zero-order valence-electron chi connectivity index (χ0n) is 9.88. The quantitative estimate of drug-likeness (QED) is 0.875. The number of hydrogen-bond acceptors (Lipinski definition) is 4. The van der Waals surface area contributed by atoms with E-state index in [0.717, 1.165) is 28.8 Å². The SMILES string of the molecule is OC(CNCc1cnc2cnc(Br)cn12)C1CC1. The lowest BCUT2D eigenvalue weighted by molar-refractivity contribution is 0.148. The van der Waals surface area contributed by atoms with E-state index in [1.54, 1.807) is 6.20 Å². The van der Waals surface area contributed by atoms with Crippen LogP contribution in [0.4, 0.5) is 0 Å². The second-order valence-corrected chi connectivity index (χ2v) is 5.54. The fourth-order valence-corrected chi connectivity index (χ4v) is 2.35. The van der Waals surface area contributed by atoms with Gasteiger partial charge in [-0.3, -0.25) is 4.40 Å². The van der Waals surface area contributed by atoms with Crippen molar-refractivity contribution in [1.82, 2.24) is 19.7 Å². The third-order valence-corrected chi connectivity index (χ3v) is 3.68. The number of imidazole rings is 1. The number of halogens is 1. The summed E-state index contributed by atoms with van der Waals surface area (Å²) in [7, 11) is 0. The van der Waals surface area contributed by atoms with Crippen LogP contribution < -0.4 is 5.32 Å². The second kappa shape index (κ2) is 4.95. The van der Waals surface area contributed by atoms with E-state index in [9.17, 15) is 5.11 Å². The van der Waals surface area contributed by atoms with Crippen molar-refractivity contribution in [2.75, 3.05) is 6.54 Å². The average Bonchev–Trinajstić information content (AvgIpc) is 3.13. The molecule has 0 aromatic carbocycles. The Kier molecular flexibility index (Phi) is 3.32. The lowest BCUT2D eigenvalue weighted by atomic mass is 10.2. The van der Waals surface area contributed by atoms with Crippen molar-refractivity contribution in [3.8, 4) is 0 Å². The van der Waals surface area contributed by atoms with Crippen molar-refractivity contribution in [1.29, 1.82) is 0 Å². The van der Waals surface area contributed by atoms with E-state index in [4.69, 9.17) is 0 Å². The molecule has 0 spiro atoms. The molecule has 5 nitrogen and oxygen atoms in total. The van der Waals surface area contributed by atoms with Crippen LogP contribution in [0, 0.1) is 5.92 Å². The van der Waals surface area contributed by atoms with Gasteiger partial charge < -0.3 is 10.4 Å². The molecule has 1 unspecified atom stereocenters. The van der Waals surface area contributed by atoms with Crippen LogP contribution in [0.25, 0.3) is 5.65 Å². The fourth-order valence-electron chi connectivity index (χ4n) is 2.04. The van der Waals surface area contributed by atoms with Crippen molar-refractivity contribution < 1.29 is 5.11 Å². The van der Waals surface area contributed by atoms with Crippen LogP contribution in [0.5, 0.6) is 0 Å². The Morgan fingerprint density at radius 1 is 1.44 bits per heavy atom. The van der Waals surface area contributed by atoms with E-state index in [2.05, 4.69) is 31.2 Å². The smallest absolute Gasteiger partial charge is 0.155 e. The summed E-state index contributed by atoms with van der Waals surface area (Å²) in [6.07, 6.45) is 7.58. The van der Waals surface area contributed by atoms with E-state index < -0.39 is 0 Å². The maximum Gasteiger partial charge on any atom is 0.155 e. The first-order valence-electron chi connectivity index (χ1n) is 6.10.